The average Bonchev–Trinajstić information content (AvgIpc) is 3.05. The van der Waals surface area contributed by atoms with Crippen molar-refractivity contribution in [1.82, 2.24) is 15.1 Å². The molecular weight excluding hydrogens is 230 g/mol. The summed E-state index contributed by atoms with van der Waals surface area (Å²) >= 11 is 0. The summed E-state index contributed by atoms with van der Waals surface area (Å²) in [7, 11) is 0. The third-order valence-electron chi connectivity index (χ3n) is 3.61. The summed E-state index contributed by atoms with van der Waals surface area (Å²) in [5.41, 5.74) is 2.04. The Morgan fingerprint density at radius 1 is 1.56 bits per heavy atom. The molecule has 5 nitrogen and oxygen atoms in total. The molecule has 2 N–H and O–H groups in total. The Kier molecular flexibility index (Phi) is 3.71. The first kappa shape index (κ1) is 13.1. The monoisotopic (exact) mass is 251 g/mol. The Labute approximate surface area is 107 Å². The van der Waals surface area contributed by atoms with E-state index in [2.05, 4.69) is 10.4 Å². The first-order valence-electron chi connectivity index (χ1n) is 6.43. The molecule has 1 aliphatic rings. The van der Waals surface area contributed by atoms with Gasteiger partial charge in [-0.15, -0.1) is 0 Å². The number of hydrogen-bond donors (Lipinski definition) is 2. The van der Waals surface area contributed by atoms with Crippen LogP contribution in [-0.2, 0) is 11.3 Å². The summed E-state index contributed by atoms with van der Waals surface area (Å²) in [5, 5.41) is 16.4. The minimum Gasteiger partial charge on any atom is -0.396 e. The number of aliphatic hydroxyl groups is 1. The molecule has 0 atom stereocenters. The molecular formula is C13H21N3O2. The van der Waals surface area contributed by atoms with Crippen molar-refractivity contribution in [1.29, 1.82) is 0 Å². The first-order valence-corrected chi connectivity index (χ1v) is 6.43. The molecule has 1 fully saturated rings. The molecule has 2 rings (SSSR count). The summed E-state index contributed by atoms with van der Waals surface area (Å²) in [6.45, 7) is 5.31. The Bertz CT molecular complexity index is 435. The maximum atomic E-state index is 11.7. The van der Waals surface area contributed by atoms with Crippen molar-refractivity contribution >= 4 is 5.91 Å². The van der Waals surface area contributed by atoms with E-state index in [-0.39, 0.29) is 17.9 Å². The minimum absolute atomic E-state index is 0.0200. The zero-order chi connectivity index (χ0) is 13.2. The lowest BCUT2D eigenvalue weighted by molar-refractivity contribution is -0.121. The summed E-state index contributed by atoms with van der Waals surface area (Å²) in [6, 6.07) is 2.00. The van der Waals surface area contributed by atoms with Crippen LogP contribution in [0, 0.1) is 19.3 Å². The lowest BCUT2D eigenvalue weighted by Crippen LogP contribution is -2.32. The van der Waals surface area contributed by atoms with E-state index in [1.807, 2.05) is 24.6 Å². The lowest BCUT2D eigenvalue weighted by atomic mass is 10.1. The first-order chi connectivity index (χ1) is 8.54. The van der Waals surface area contributed by atoms with Crippen LogP contribution in [0.5, 0.6) is 0 Å². The van der Waals surface area contributed by atoms with Crippen LogP contribution in [-0.4, -0.2) is 33.9 Å². The van der Waals surface area contributed by atoms with Gasteiger partial charge in [0.25, 0.3) is 0 Å². The Balaban J connectivity index is 1.73. The molecule has 1 saturated carbocycles. The van der Waals surface area contributed by atoms with Crippen LogP contribution in [0.25, 0.3) is 0 Å². The van der Waals surface area contributed by atoms with E-state index >= 15 is 0 Å². The minimum atomic E-state index is -0.0200. The predicted octanol–water partition coefficient (Wildman–Crippen LogP) is 0.779. The van der Waals surface area contributed by atoms with Crippen molar-refractivity contribution < 1.29 is 9.90 Å². The molecule has 0 unspecified atom stereocenters. The van der Waals surface area contributed by atoms with Crippen LogP contribution < -0.4 is 5.32 Å². The number of rotatable bonds is 6. The molecule has 0 radical (unpaired) electrons. The van der Waals surface area contributed by atoms with Gasteiger partial charge in [0.05, 0.1) is 12.3 Å². The second kappa shape index (κ2) is 5.10. The highest BCUT2D eigenvalue weighted by molar-refractivity contribution is 5.75. The molecule has 1 amide bonds. The van der Waals surface area contributed by atoms with Crippen molar-refractivity contribution in [3.05, 3.63) is 17.5 Å². The second-order valence-corrected chi connectivity index (χ2v) is 5.34. The van der Waals surface area contributed by atoms with Crippen LogP contribution in [0.1, 0.15) is 30.7 Å². The number of hydrogen-bond acceptors (Lipinski definition) is 3. The van der Waals surface area contributed by atoms with Gasteiger partial charge in [0.15, 0.2) is 0 Å². The highest BCUT2D eigenvalue weighted by Crippen LogP contribution is 2.44. The number of aryl methyl sites for hydroxylation is 3. The maximum Gasteiger partial charge on any atom is 0.221 e. The fraction of sp³-hybridized carbons (Fsp3) is 0.692. The summed E-state index contributed by atoms with van der Waals surface area (Å²) in [4.78, 5) is 11.7. The lowest BCUT2D eigenvalue weighted by Gasteiger charge is -2.12. The van der Waals surface area contributed by atoms with E-state index in [4.69, 9.17) is 5.11 Å². The van der Waals surface area contributed by atoms with E-state index in [1.165, 1.54) is 0 Å². The molecule has 0 aliphatic heterocycles. The Morgan fingerprint density at radius 3 is 2.78 bits per heavy atom. The van der Waals surface area contributed by atoms with Gasteiger partial charge in [-0.25, -0.2) is 0 Å². The normalized spacial score (nSPS) is 16.6. The fourth-order valence-corrected chi connectivity index (χ4v) is 2.05. The van der Waals surface area contributed by atoms with E-state index < -0.39 is 0 Å². The highest BCUT2D eigenvalue weighted by atomic mass is 16.3. The molecule has 18 heavy (non-hydrogen) atoms. The van der Waals surface area contributed by atoms with Crippen molar-refractivity contribution in [2.45, 2.75) is 39.7 Å². The van der Waals surface area contributed by atoms with Gasteiger partial charge in [0.2, 0.25) is 5.91 Å². The van der Waals surface area contributed by atoms with Crippen molar-refractivity contribution in [2.24, 2.45) is 5.41 Å². The van der Waals surface area contributed by atoms with Gasteiger partial charge in [-0.3, -0.25) is 9.48 Å². The molecule has 0 bridgehead atoms. The molecule has 5 heteroatoms. The molecule has 1 aromatic rings. The number of amides is 1. The number of nitrogens with zero attached hydrogens (tertiary/aromatic N) is 2. The Morgan fingerprint density at radius 2 is 2.28 bits per heavy atom. The summed E-state index contributed by atoms with van der Waals surface area (Å²) in [6.07, 6.45) is 2.46. The molecule has 100 valence electrons. The average molecular weight is 251 g/mol. The third-order valence-corrected chi connectivity index (χ3v) is 3.61. The third kappa shape index (κ3) is 3.10. The highest BCUT2D eigenvalue weighted by Gasteiger charge is 2.41. The number of nitrogens with one attached hydrogen (secondary N) is 1. The number of carbonyl (C=O) groups excluding carboxylic acids is 1. The van der Waals surface area contributed by atoms with Crippen molar-refractivity contribution in [3.8, 4) is 0 Å². The SMILES string of the molecule is Cc1cc(C)n(CCC(=O)NCC2(CO)CC2)n1. The standard InChI is InChI=1S/C13H21N3O2/c1-10-7-11(2)16(15-10)6-3-12(18)14-8-13(9-17)4-5-13/h7,17H,3-6,8-9H2,1-2H3,(H,14,18). The van der Waals surface area contributed by atoms with E-state index in [1.54, 1.807) is 0 Å². The molecule has 0 spiro atoms. The maximum absolute atomic E-state index is 11.7. The van der Waals surface area contributed by atoms with E-state index in [9.17, 15) is 4.79 Å². The van der Waals surface area contributed by atoms with Crippen LogP contribution in [0.15, 0.2) is 6.07 Å². The van der Waals surface area contributed by atoms with Gasteiger partial charge < -0.3 is 10.4 Å². The van der Waals surface area contributed by atoms with Crippen LogP contribution in [0.3, 0.4) is 0 Å². The van der Waals surface area contributed by atoms with Crippen molar-refractivity contribution in [2.75, 3.05) is 13.2 Å². The Hall–Kier alpha value is -1.36. The van der Waals surface area contributed by atoms with Gasteiger partial charge in [-0.1, -0.05) is 0 Å². The van der Waals surface area contributed by atoms with Crippen LogP contribution in [0.4, 0.5) is 0 Å². The smallest absolute Gasteiger partial charge is 0.221 e. The van der Waals surface area contributed by atoms with Gasteiger partial charge in [-0.05, 0) is 32.8 Å². The largest absolute Gasteiger partial charge is 0.396 e. The molecule has 0 saturated heterocycles. The van der Waals surface area contributed by atoms with Gasteiger partial charge in [-0.2, -0.15) is 5.10 Å². The summed E-state index contributed by atoms with van der Waals surface area (Å²) < 4.78 is 1.86. The van der Waals surface area contributed by atoms with Crippen molar-refractivity contribution in [3.63, 3.8) is 0 Å². The quantitative estimate of drug-likeness (QED) is 0.785. The van der Waals surface area contributed by atoms with E-state index in [0.717, 1.165) is 24.2 Å². The van der Waals surface area contributed by atoms with Gasteiger partial charge in [0.1, 0.15) is 0 Å². The van der Waals surface area contributed by atoms with Gasteiger partial charge >= 0.3 is 0 Å². The summed E-state index contributed by atoms with van der Waals surface area (Å²) in [5.74, 6) is 0.0299. The second-order valence-electron chi connectivity index (χ2n) is 5.34. The number of aromatic nitrogens is 2. The molecule has 1 aliphatic carbocycles. The number of carbonyl (C=O) groups is 1. The number of aliphatic hydroxyl groups excluding tert-OH is 1. The molecule has 1 heterocycles. The fourth-order valence-electron chi connectivity index (χ4n) is 2.05. The zero-order valence-electron chi connectivity index (χ0n) is 11.1. The topological polar surface area (TPSA) is 67.2 Å². The van der Waals surface area contributed by atoms with E-state index in [0.29, 0.717) is 19.5 Å². The molecule has 1 aromatic heterocycles. The van der Waals surface area contributed by atoms with Gasteiger partial charge in [0, 0.05) is 30.6 Å². The molecule has 0 aromatic carbocycles. The predicted molar refractivity (Wildman–Crippen MR) is 68.1 cm³/mol. The van der Waals surface area contributed by atoms with Crippen LogP contribution >= 0.6 is 0 Å². The van der Waals surface area contributed by atoms with Crippen LogP contribution in [0.2, 0.25) is 0 Å². The zero-order valence-corrected chi connectivity index (χ0v) is 11.1.